The molecule has 2 aromatic rings. The molecule has 0 radical (unpaired) electrons. The standard InChI is InChI=1S/C22H19N3O3/c1-13-7-9-24(10-8-13)15-11-14-3-2-4-17-20(14)16(12-15)22(28)25(17)18-5-6-19(26)23-21(18)27/h2-4,7-13,18H,5-6H2,1H3,(H,23,26,27). The number of piperidine rings is 1. The van der Waals surface area contributed by atoms with Crippen LogP contribution in [0.15, 0.2) is 54.9 Å². The molecule has 0 aromatic heterocycles. The van der Waals surface area contributed by atoms with Crippen LogP contribution in [0.25, 0.3) is 10.8 Å². The van der Waals surface area contributed by atoms with Gasteiger partial charge in [-0.1, -0.05) is 31.2 Å². The lowest BCUT2D eigenvalue weighted by atomic mass is 10.0. The van der Waals surface area contributed by atoms with Crippen molar-refractivity contribution >= 4 is 39.9 Å². The largest absolute Gasteiger partial charge is 0.324 e. The molecular formula is C22H19N3O3. The zero-order valence-electron chi connectivity index (χ0n) is 15.4. The number of allylic oxidation sites excluding steroid dienone is 2. The van der Waals surface area contributed by atoms with Gasteiger partial charge in [0.1, 0.15) is 6.04 Å². The van der Waals surface area contributed by atoms with Crippen LogP contribution in [0, 0.1) is 5.92 Å². The molecule has 1 atom stereocenters. The van der Waals surface area contributed by atoms with Gasteiger partial charge in [-0.3, -0.25) is 24.6 Å². The van der Waals surface area contributed by atoms with E-state index >= 15 is 0 Å². The zero-order valence-corrected chi connectivity index (χ0v) is 15.4. The number of nitrogens with zero attached hydrogens (tertiary/aromatic N) is 2. The number of rotatable bonds is 2. The third-order valence-corrected chi connectivity index (χ3v) is 5.57. The van der Waals surface area contributed by atoms with E-state index in [2.05, 4.69) is 24.4 Å². The monoisotopic (exact) mass is 373 g/mol. The van der Waals surface area contributed by atoms with Gasteiger partial charge in [0, 0.05) is 29.9 Å². The van der Waals surface area contributed by atoms with E-state index in [4.69, 9.17) is 0 Å². The van der Waals surface area contributed by atoms with Crippen molar-refractivity contribution in [3.05, 3.63) is 60.4 Å². The number of nitrogens with one attached hydrogen (secondary N) is 1. The molecule has 1 N–H and O–H groups in total. The number of imide groups is 1. The molecule has 1 saturated heterocycles. The number of carbonyl (C=O) groups excluding carboxylic acids is 3. The average molecular weight is 373 g/mol. The maximum Gasteiger partial charge on any atom is 0.259 e. The predicted octanol–water partition coefficient (Wildman–Crippen LogP) is 3.09. The fraction of sp³-hybridized carbons (Fsp3) is 0.227. The molecule has 140 valence electrons. The average Bonchev–Trinajstić information content (AvgIpc) is 2.96. The topological polar surface area (TPSA) is 69.7 Å². The summed E-state index contributed by atoms with van der Waals surface area (Å²) in [4.78, 5) is 40.8. The molecule has 6 heteroatoms. The van der Waals surface area contributed by atoms with Gasteiger partial charge in [0.25, 0.3) is 5.91 Å². The van der Waals surface area contributed by atoms with Gasteiger partial charge >= 0.3 is 0 Å². The third-order valence-electron chi connectivity index (χ3n) is 5.57. The summed E-state index contributed by atoms with van der Waals surface area (Å²) in [7, 11) is 0. The van der Waals surface area contributed by atoms with Gasteiger partial charge in [-0.15, -0.1) is 0 Å². The molecule has 3 amide bonds. The first-order chi connectivity index (χ1) is 13.5. The van der Waals surface area contributed by atoms with Gasteiger partial charge in [-0.05, 0) is 35.9 Å². The van der Waals surface area contributed by atoms with E-state index < -0.39 is 11.9 Å². The molecule has 0 saturated carbocycles. The second-order valence-electron chi connectivity index (χ2n) is 7.46. The second kappa shape index (κ2) is 6.05. The molecule has 3 aliphatic rings. The zero-order chi connectivity index (χ0) is 19.4. The first kappa shape index (κ1) is 16.7. The van der Waals surface area contributed by atoms with Gasteiger partial charge < -0.3 is 4.90 Å². The first-order valence-corrected chi connectivity index (χ1v) is 9.42. The van der Waals surface area contributed by atoms with Crippen LogP contribution in [0.3, 0.4) is 0 Å². The number of benzene rings is 2. The fourth-order valence-electron chi connectivity index (χ4n) is 4.13. The van der Waals surface area contributed by atoms with Crippen molar-refractivity contribution in [3.8, 4) is 0 Å². The lowest BCUT2D eigenvalue weighted by Crippen LogP contribution is -2.53. The minimum atomic E-state index is -0.665. The van der Waals surface area contributed by atoms with Gasteiger partial charge in [-0.2, -0.15) is 0 Å². The van der Waals surface area contributed by atoms with Crippen molar-refractivity contribution < 1.29 is 14.4 Å². The Bertz CT molecular complexity index is 1090. The Morgan fingerprint density at radius 2 is 1.86 bits per heavy atom. The van der Waals surface area contributed by atoms with Crippen molar-refractivity contribution in [3.63, 3.8) is 0 Å². The quantitative estimate of drug-likeness (QED) is 0.822. The van der Waals surface area contributed by atoms with Crippen LogP contribution in [0.1, 0.15) is 30.1 Å². The number of carbonyl (C=O) groups is 3. The summed E-state index contributed by atoms with van der Waals surface area (Å²) in [5.41, 5.74) is 2.22. The summed E-state index contributed by atoms with van der Waals surface area (Å²) in [5, 5.41) is 4.17. The van der Waals surface area contributed by atoms with Gasteiger partial charge in [0.05, 0.1) is 11.3 Å². The summed E-state index contributed by atoms with van der Waals surface area (Å²) >= 11 is 0. The van der Waals surface area contributed by atoms with Crippen LogP contribution in [-0.4, -0.2) is 23.8 Å². The highest BCUT2D eigenvalue weighted by atomic mass is 16.2. The number of hydrogen-bond acceptors (Lipinski definition) is 4. The van der Waals surface area contributed by atoms with Gasteiger partial charge in [-0.25, -0.2) is 0 Å². The van der Waals surface area contributed by atoms with Crippen LogP contribution in [0.4, 0.5) is 11.4 Å². The molecular weight excluding hydrogens is 354 g/mol. The van der Waals surface area contributed by atoms with E-state index in [0.717, 1.165) is 22.1 Å². The molecule has 3 heterocycles. The van der Waals surface area contributed by atoms with Crippen molar-refractivity contribution in [2.45, 2.75) is 25.8 Å². The molecule has 0 aliphatic carbocycles. The summed E-state index contributed by atoms with van der Waals surface area (Å²) in [6, 6.07) is 9.00. The lowest BCUT2D eigenvalue weighted by molar-refractivity contribution is -0.134. The molecule has 5 rings (SSSR count). The molecule has 0 bridgehead atoms. The minimum absolute atomic E-state index is 0.194. The van der Waals surface area contributed by atoms with Crippen LogP contribution >= 0.6 is 0 Å². The van der Waals surface area contributed by atoms with Crippen molar-refractivity contribution in [1.82, 2.24) is 5.32 Å². The smallest absolute Gasteiger partial charge is 0.259 e. The van der Waals surface area contributed by atoms with E-state index in [1.54, 1.807) is 4.90 Å². The highest BCUT2D eigenvalue weighted by molar-refractivity contribution is 6.27. The Labute approximate surface area is 162 Å². The van der Waals surface area contributed by atoms with Crippen LogP contribution in [-0.2, 0) is 9.59 Å². The van der Waals surface area contributed by atoms with E-state index in [1.807, 2.05) is 47.6 Å². The Morgan fingerprint density at radius 3 is 2.61 bits per heavy atom. The van der Waals surface area contributed by atoms with Crippen molar-refractivity contribution in [2.75, 3.05) is 9.80 Å². The summed E-state index contributed by atoms with van der Waals surface area (Å²) in [6.07, 6.45) is 8.76. The maximum absolute atomic E-state index is 13.3. The highest BCUT2D eigenvalue weighted by Gasteiger charge is 2.40. The molecule has 2 aromatic carbocycles. The van der Waals surface area contributed by atoms with E-state index in [-0.39, 0.29) is 18.2 Å². The molecule has 0 spiro atoms. The Morgan fingerprint density at radius 1 is 1.07 bits per heavy atom. The van der Waals surface area contributed by atoms with E-state index in [1.165, 1.54) is 0 Å². The number of amides is 3. The van der Waals surface area contributed by atoms with Gasteiger partial charge in [0.2, 0.25) is 11.8 Å². The Kier molecular flexibility index (Phi) is 3.62. The van der Waals surface area contributed by atoms with E-state index in [0.29, 0.717) is 17.9 Å². The van der Waals surface area contributed by atoms with Crippen molar-refractivity contribution in [1.29, 1.82) is 0 Å². The normalized spacial score (nSPS) is 21.8. The second-order valence-corrected chi connectivity index (χ2v) is 7.46. The predicted molar refractivity (Wildman–Crippen MR) is 107 cm³/mol. The summed E-state index contributed by atoms with van der Waals surface area (Å²) in [5.74, 6) is -0.515. The SMILES string of the molecule is CC1C=CN(c2cc3c4c(cccc4c2)N(C2CCC(=O)NC2=O)C3=O)C=C1. The van der Waals surface area contributed by atoms with Crippen LogP contribution in [0.2, 0.25) is 0 Å². The number of hydrogen-bond donors (Lipinski definition) is 1. The molecule has 6 nitrogen and oxygen atoms in total. The summed E-state index contributed by atoms with van der Waals surface area (Å²) in [6.45, 7) is 2.11. The molecule has 1 unspecified atom stereocenters. The van der Waals surface area contributed by atoms with Crippen molar-refractivity contribution in [2.24, 2.45) is 5.92 Å². The first-order valence-electron chi connectivity index (χ1n) is 9.42. The van der Waals surface area contributed by atoms with Gasteiger partial charge in [0.15, 0.2) is 0 Å². The minimum Gasteiger partial charge on any atom is -0.324 e. The maximum atomic E-state index is 13.3. The van der Waals surface area contributed by atoms with Crippen LogP contribution in [0.5, 0.6) is 0 Å². The number of anilines is 2. The highest BCUT2D eigenvalue weighted by Crippen LogP contribution is 2.42. The molecule has 28 heavy (non-hydrogen) atoms. The lowest BCUT2D eigenvalue weighted by Gasteiger charge is -2.30. The molecule has 3 aliphatic heterocycles. The summed E-state index contributed by atoms with van der Waals surface area (Å²) < 4.78 is 0. The Balaban J connectivity index is 1.60. The van der Waals surface area contributed by atoms with E-state index in [9.17, 15) is 14.4 Å². The fourth-order valence-corrected chi connectivity index (χ4v) is 4.13. The Hall–Kier alpha value is -3.41. The molecule has 1 fully saturated rings. The third kappa shape index (κ3) is 2.45. The van der Waals surface area contributed by atoms with Crippen LogP contribution < -0.4 is 15.1 Å².